The van der Waals surface area contributed by atoms with E-state index in [1.54, 1.807) is 12.4 Å². The summed E-state index contributed by atoms with van der Waals surface area (Å²) in [5, 5.41) is 1.51. The average Bonchev–Trinajstić information content (AvgIpc) is 3.19. The lowest BCUT2D eigenvalue weighted by atomic mass is 9.95. The molecule has 4 rings (SSSR count). The van der Waals surface area contributed by atoms with Gasteiger partial charge in [0.25, 0.3) is 5.56 Å². The highest BCUT2D eigenvalue weighted by molar-refractivity contribution is 7.92. The van der Waals surface area contributed by atoms with Gasteiger partial charge in [0.2, 0.25) is 0 Å². The second-order valence-corrected chi connectivity index (χ2v) is 7.42. The van der Waals surface area contributed by atoms with Gasteiger partial charge < -0.3 is 0 Å². The van der Waals surface area contributed by atoms with E-state index in [1.165, 1.54) is 23.2 Å². The van der Waals surface area contributed by atoms with Crippen molar-refractivity contribution in [2.75, 3.05) is 0 Å². The van der Waals surface area contributed by atoms with Crippen LogP contribution in [0.4, 0.5) is 3.89 Å². The Bertz CT molecular complexity index is 951. The second-order valence-electron chi connectivity index (χ2n) is 6.89. The lowest BCUT2D eigenvalue weighted by molar-refractivity contribution is 0.291. The first-order chi connectivity index (χ1) is 12.3. The smallest absolute Gasteiger partial charge is 0.276 e. The van der Waals surface area contributed by atoms with E-state index in [-0.39, 0.29) is 17.9 Å². The zero-order valence-electron chi connectivity index (χ0n) is 14.4. The first kappa shape index (κ1) is 16.7. The van der Waals surface area contributed by atoms with Crippen LogP contribution in [-0.4, -0.2) is 18.3 Å². The topological polar surface area (TPSA) is 44.8 Å². The van der Waals surface area contributed by atoms with Gasteiger partial charge in [-0.25, -0.2) is 13.6 Å². The van der Waals surface area contributed by atoms with Crippen LogP contribution >= 0.6 is 12.3 Å². The maximum absolute atomic E-state index is 13.2. The number of hydrogen-bond acceptors (Lipinski definition) is 3. The molecule has 1 saturated carbocycles. The average molecular weight is 362 g/mol. The highest BCUT2D eigenvalue weighted by atomic mass is 32.2. The molecule has 7 heteroatoms. The van der Waals surface area contributed by atoms with Gasteiger partial charge in [-0.3, -0.25) is 9.48 Å². The summed E-state index contributed by atoms with van der Waals surface area (Å²) in [6.45, 7) is 2.86. The number of pyridine rings is 1. The van der Waals surface area contributed by atoms with Crippen LogP contribution in [0.3, 0.4) is 0 Å². The molecule has 134 valence electrons. The van der Waals surface area contributed by atoms with Gasteiger partial charge in [-0.2, -0.15) is 0 Å². The summed E-state index contributed by atoms with van der Waals surface area (Å²) in [5.74, 6) is 0. The molecule has 0 N–H and O–H groups in total. The summed E-state index contributed by atoms with van der Waals surface area (Å²) >= 11 is 0.140. The van der Waals surface area contributed by atoms with Crippen molar-refractivity contribution in [3.63, 3.8) is 0 Å². The summed E-state index contributed by atoms with van der Waals surface area (Å²) < 4.78 is 18.7. The molecular weight excluding hydrogens is 339 g/mol. The minimum absolute atomic E-state index is 0.0316. The van der Waals surface area contributed by atoms with Gasteiger partial charge in [0, 0.05) is 24.3 Å². The number of halogens is 1. The fourth-order valence-corrected chi connectivity index (χ4v) is 4.41. The van der Waals surface area contributed by atoms with Crippen molar-refractivity contribution in [2.24, 2.45) is 0 Å². The van der Waals surface area contributed by atoms with E-state index in [1.807, 2.05) is 10.7 Å². The van der Waals surface area contributed by atoms with Crippen LogP contribution in [0.25, 0.3) is 21.9 Å². The largest absolute Gasteiger partial charge is 0.278 e. The third-order valence-electron chi connectivity index (χ3n) is 5.32. The summed E-state index contributed by atoms with van der Waals surface area (Å²) in [4.78, 5) is 17.4. The van der Waals surface area contributed by atoms with E-state index in [9.17, 15) is 8.68 Å². The van der Waals surface area contributed by atoms with Crippen LogP contribution in [-0.2, 0) is 6.54 Å². The van der Waals surface area contributed by atoms with E-state index >= 15 is 0 Å². The fraction of sp³-hybridized carbons (Fsp3) is 0.556. The standard InChI is InChI=1S/C18H23FN4OS/c1-2-3-10-21-18(24)15-12-20-17-14(9-11-22(17)25-19)16(15)23(21)13-7-5-4-6-8-13/h9,11-13H,2-8,10H2,1H3. The summed E-state index contributed by atoms with van der Waals surface area (Å²) in [5.41, 5.74) is 1.53. The third kappa shape index (κ3) is 2.69. The van der Waals surface area contributed by atoms with Gasteiger partial charge in [-0.05, 0) is 25.3 Å². The molecule has 0 aliphatic heterocycles. The summed E-state index contributed by atoms with van der Waals surface area (Å²) in [6, 6.07) is 2.21. The Labute approximate surface area is 150 Å². The molecule has 0 aromatic carbocycles. The third-order valence-corrected chi connectivity index (χ3v) is 5.77. The van der Waals surface area contributed by atoms with Crippen LogP contribution in [0, 0.1) is 0 Å². The zero-order valence-corrected chi connectivity index (χ0v) is 15.3. The predicted molar refractivity (Wildman–Crippen MR) is 101 cm³/mol. The van der Waals surface area contributed by atoms with Crippen LogP contribution in [0.1, 0.15) is 57.9 Å². The Kier molecular flexibility index (Phi) is 4.58. The van der Waals surface area contributed by atoms with Gasteiger partial charge in [-0.15, -0.1) is 3.89 Å². The molecule has 0 amide bonds. The second kappa shape index (κ2) is 6.86. The van der Waals surface area contributed by atoms with Crippen LogP contribution in [0.5, 0.6) is 0 Å². The minimum atomic E-state index is 0.0316. The van der Waals surface area contributed by atoms with Gasteiger partial charge in [-0.1, -0.05) is 32.6 Å². The van der Waals surface area contributed by atoms with Gasteiger partial charge in [0.15, 0.2) is 18.0 Å². The van der Waals surface area contributed by atoms with Crippen molar-refractivity contribution in [3.8, 4) is 0 Å². The molecule has 0 saturated heterocycles. The lowest BCUT2D eigenvalue weighted by Gasteiger charge is -2.27. The van der Waals surface area contributed by atoms with Crippen molar-refractivity contribution in [1.82, 2.24) is 18.3 Å². The highest BCUT2D eigenvalue weighted by Crippen LogP contribution is 2.34. The number of rotatable bonds is 5. The molecule has 3 aromatic heterocycles. The molecule has 3 aromatic rings. The van der Waals surface area contributed by atoms with E-state index in [0.29, 0.717) is 17.1 Å². The molecule has 1 fully saturated rings. The molecule has 1 aliphatic rings. The van der Waals surface area contributed by atoms with Crippen molar-refractivity contribution < 1.29 is 3.89 Å². The molecule has 1 aliphatic carbocycles. The van der Waals surface area contributed by atoms with E-state index in [4.69, 9.17) is 0 Å². The molecule has 0 bridgehead atoms. The van der Waals surface area contributed by atoms with E-state index < -0.39 is 0 Å². The Morgan fingerprint density at radius 3 is 2.80 bits per heavy atom. The number of nitrogens with zero attached hydrogens (tertiary/aromatic N) is 4. The molecule has 25 heavy (non-hydrogen) atoms. The normalized spacial score (nSPS) is 16.2. The lowest BCUT2D eigenvalue weighted by Crippen LogP contribution is -2.27. The van der Waals surface area contributed by atoms with Crippen molar-refractivity contribution in [3.05, 3.63) is 28.8 Å². The Hall–Kier alpha value is -1.76. The molecule has 3 heterocycles. The molecule has 5 nitrogen and oxygen atoms in total. The maximum atomic E-state index is 13.2. The van der Waals surface area contributed by atoms with Crippen LogP contribution < -0.4 is 5.56 Å². The van der Waals surface area contributed by atoms with E-state index in [2.05, 4.69) is 16.6 Å². The molecular formula is C18H23FN4OS. The number of fused-ring (bicyclic) bond motifs is 3. The predicted octanol–water partition coefficient (Wildman–Crippen LogP) is 4.84. The van der Waals surface area contributed by atoms with Crippen molar-refractivity contribution in [2.45, 2.75) is 64.5 Å². The quantitative estimate of drug-likeness (QED) is 0.652. The Morgan fingerprint density at radius 2 is 2.08 bits per heavy atom. The number of aromatic nitrogens is 4. The highest BCUT2D eigenvalue weighted by Gasteiger charge is 2.24. The summed E-state index contributed by atoms with van der Waals surface area (Å²) in [6.07, 6.45) is 11.2. The fourth-order valence-electron chi connectivity index (χ4n) is 4.09. The monoisotopic (exact) mass is 362 g/mol. The molecule has 0 radical (unpaired) electrons. The summed E-state index contributed by atoms with van der Waals surface area (Å²) in [7, 11) is 0. The maximum Gasteiger partial charge on any atom is 0.276 e. The van der Waals surface area contributed by atoms with Crippen LogP contribution in [0.15, 0.2) is 23.3 Å². The Balaban J connectivity index is 2.01. The molecule has 0 atom stereocenters. The van der Waals surface area contributed by atoms with Crippen molar-refractivity contribution in [1.29, 1.82) is 0 Å². The Morgan fingerprint density at radius 1 is 1.28 bits per heavy atom. The van der Waals surface area contributed by atoms with Gasteiger partial charge >= 0.3 is 0 Å². The van der Waals surface area contributed by atoms with Crippen LogP contribution in [0.2, 0.25) is 0 Å². The first-order valence-electron chi connectivity index (χ1n) is 9.16. The van der Waals surface area contributed by atoms with E-state index in [0.717, 1.165) is 43.1 Å². The number of hydrogen-bond donors (Lipinski definition) is 0. The van der Waals surface area contributed by atoms with Crippen molar-refractivity contribution >= 4 is 34.3 Å². The zero-order chi connectivity index (χ0) is 17.4. The SMILES string of the molecule is CCCCn1c(=O)c2cnc3c(ccn3SF)c2n1C1CCCCC1. The number of unbranched alkanes of at least 4 members (excludes halogenated alkanes) is 1. The first-order valence-corrected chi connectivity index (χ1v) is 9.83. The molecule has 0 spiro atoms. The van der Waals surface area contributed by atoms with Gasteiger partial charge in [0.05, 0.1) is 16.9 Å². The molecule has 0 unspecified atom stereocenters. The minimum Gasteiger partial charge on any atom is -0.278 e. The van der Waals surface area contributed by atoms with Gasteiger partial charge in [0.1, 0.15) is 0 Å².